The molecule has 0 N–H and O–H groups in total. The van der Waals surface area contributed by atoms with Crippen LogP contribution >= 0.6 is 0 Å². The average Bonchev–Trinajstić information content (AvgIpc) is 3.11. The monoisotopic (exact) mass is 358 g/mol. The minimum atomic E-state index is -2.00. The zero-order valence-corrected chi connectivity index (χ0v) is 17.2. The van der Waals surface area contributed by atoms with Crippen LogP contribution < -0.4 is 10.4 Å². The van der Waals surface area contributed by atoms with Crippen LogP contribution in [0.4, 0.5) is 0 Å². The molecule has 0 saturated heterocycles. The molecule has 1 heterocycles. The molecule has 0 aromatic heterocycles. The molecule has 1 aliphatic heterocycles. The summed E-state index contributed by atoms with van der Waals surface area (Å²) in [5.74, 6) is 0. The van der Waals surface area contributed by atoms with E-state index in [-0.39, 0.29) is 0 Å². The molecule has 0 atom stereocenters. The van der Waals surface area contributed by atoms with E-state index >= 15 is 0 Å². The van der Waals surface area contributed by atoms with Crippen molar-refractivity contribution in [2.45, 2.75) is 26.2 Å². The van der Waals surface area contributed by atoms with Gasteiger partial charge in [0.2, 0.25) is 0 Å². The third-order valence-electron chi connectivity index (χ3n) is 5.60. The summed E-state index contributed by atoms with van der Waals surface area (Å²) in [6.45, 7) is 9.50. The Morgan fingerprint density at radius 3 is 2.32 bits per heavy atom. The van der Waals surface area contributed by atoms with Crippen LogP contribution in [0.25, 0.3) is 32.7 Å². The van der Waals surface area contributed by atoms with Crippen LogP contribution in [0.1, 0.15) is 0 Å². The second-order valence-electron chi connectivity index (χ2n) is 8.16. The van der Waals surface area contributed by atoms with Crippen LogP contribution in [0, 0.1) is 0 Å². The Hall–Kier alpha value is -1.95. The molecule has 1 nitrogen and oxygen atoms in total. The smallest absolute Gasteiger partial charge is 0.176 e. The third-order valence-corrected chi connectivity index (χ3v) is 13.2. The van der Waals surface area contributed by atoms with E-state index in [0.29, 0.717) is 0 Å². The summed E-state index contributed by atoms with van der Waals surface area (Å²) in [5.41, 5.74) is 2.84. The van der Waals surface area contributed by atoms with E-state index in [4.69, 9.17) is 4.12 Å². The zero-order valence-electron chi connectivity index (χ0n) is 15.2. The van der Waals surface area contributed by atoms with E-state index < -0.39 is 16.6 Å². The second kappa shape index (κ2) is 4.82. The van der Waals surface area contributed by atoms with Gasteiger partial charge in [-0.15, -0.1) is 17.3 Å². The van der Waals surface area contributed by atoms with Gasteiger partial charge in [-0.25, -0.2) is 16.3 Å². The molecule has 4 aromatic carbocycles. The Morgan fingerprint density at radius 2 is 1.52 bits per heavy atom. The molecule has 3 heteroatoms. The van der Waals surface area contributed by atoms with Gasteiger partial charge in [-0.05, 0) is 13.1 Å². The molecule has 5 rings (SSSR count). The SMILES string of the molecule is C[Si]1(C)O[Si](C)(C)c2c3ccccc3c[c-]2-c2[cH-]c3ccccc3c21. The minimum Gasteiger partial charge on any atom is -0.461 e. The van der Waals surface area contributed by atoms with E-state index in [1.54, 1.807) is 0 Å². The van der Waals surface area contributed by atoms with Crippen LogP contribution in [0.3, 0.4) is 0 Å². The molecule has 4 aromatic rings. The topological polar surface area (TPSA) is 9.23 Å². The van der Waals surface area contributed by atoms with Gasteiger partial charge >= 0.3 is 0 Å². The molecule has 126 valence electrons. The molecular weight excluding hydrogens is 336 g/mol. The lowest BCUT2D eigenvalue weighted by Gasteiger charge is -2.38. The van der Waals surface area contributed by atoms with Gasteiger partial charge in [0.15, 0.2) is 8.32 Å². The molecule has 0 saturated carbocycles. The molecule has 0 amide bonds. The van der Waals surface area contributed by atoms with Gasteiger partial charge in [-0.1, -0.05) is 60.3 Å². The first-order valence-corrected chi connectivity index (χ1v) is 14.8. The van der Waals surface area contributed by atoms with Crippen LogP contribution in [0.2, 0.25) is 26.2 Å². The molecule has 0 fully saturated rings. The lowest BCUT2D eigenvalue weighted by Crippen LogP contribution is -2.55. The second-order valence-corrected chi connectivity index (χ2v) is 16.0. The minimum absolute atomic E-state index is 1.34. The van der Waals surface area contributed by atoms with E-state index in [1.807, 2.05) is 0 Å². The third kappa shape index (κ3) is 2.03. The van der Waals surface area contributed by atoms with Crippen molar-refractivity contribution < 1.29 is 4.12 Å². The average molecular weight is 359 g/mol. The van der Waals surface area contributed by atoms with E-state index in [9.17, 15) is 0 Å². The maximum Gasteiger partial charge on any atom is 0.176 e. The standard InChI is InChI=1S/C22H22OSi2/c1-24(2)21-17-11-7-5-9-15(17)13-19(21)20-14-16-10-6-8-12-18(16)22(20)25(3,4)23-24/h5-14H,1-4H3/q-2. The van der Waals surface area contributed by atoms with Crippen molar-refractivity contribution in [1.82, 2.24) is 0 Å². The lowest BCUT2D eigenvalue weighted by atomic mass is 10.1. The quantitative estimate of drug-likeness (QED) is 0.319. The van der Waals surface area contributed by atoms with Crippen molar-refractivity contribution in [2.75, 3.05) is 0 Å². The predicted octanol–water partition coefficient (Wildman–Crippen LogP) is 4.95. The Bertz CT molecular complexity index is 1040. The van der Waals surface area contributed by atoms with Gasteiger partial charge in [0.05, 0.1) is 0 Å². The Morgan fingerprint density at radius 1 is 0.840 bits per heavy atom. The van der Waals surface area contributed by atoms with Crippen molar-refractivity contribution in [2.24, 2.45) is 0 Å². The van der Waals surface area contributed by atoms with Gasteiger partial charge < -0.3 is 4.12 Å². The Labute approximate surface area is 150 Å². The summed E-state index contributed by atoms with van der Waals surface area (Å²) in [5, 5.41) is 8.42. The summed E-state index contributed by atoms with van der Waals surface area (Å²) in [4.78, 5) is 0. The van der Waals surface area contributed by atoms with Crippen molar-refractivity contribution in [3.8, 4) is 11.1 Å². The van der Waals surface area contributed by atoms with Crippen LogP contribution in [-0.2, 0) is 4.12 Å². The van der Waals surface area contributed by atoms with Crippen molar-refractivity contribution >= 4 is 48.6 Å². The predicted molar refractivity (Wildman–Crippen MR) is 113 cm³/mol. The summed E-state index contributed by atoms with van der Waals surface area (Å²) in [6, 6.07) is 22.4. The summed E-state index contributed by atoms with van der Waals surface area (Å²) < 4.78 is 7.05. The van der Waals surface area contributed by atoms with Crippen LogP contribution in [-0.4, -0.2) is 16.6 Å². The van der Waals surface area contributed by atoms with E-state index in [2.05, 4.69) is 86.9 Å². The maximum absolute atomic E-state index is 7.05. The van der Waals surface area contributed by atoms with Crippen molar-refractivity contribution in [3.63, 3.8) is 0 Å². The van der Waals surface area contributed by atoms with Crippen molar-refractivity contribution in [1.29, 1.82) is 0 Å². The largest absolute Gasteiger partial charge is 0.461 e. The van der Waals surface area contributed by atoms with Gasteiger partial charge in [0.25, 0.3) is 0 Å². The number of fused-ring (bicyclic) bond motifs is 7. The fourth-order valence-electron chi connectivity index (χ4n) is 4.91. The number of hydrogen-bond acceptors (Lipinski definition) is 1. The van der Waals surface area contributed by atoms with Gasteiger partial charge in [-0.2, -0.15) is 22.9 Å². The summed E-state index contributed by atoms with van der Waals surface area (Å²) in [7, 11) is -3.99. The molecule has 0 aliphatic carbocycles. The Balaban J connectivity index is 1.99. The summed E-state index contributed by atoms with van der Waals surface area (Å²) >= 11 is 0. The van der Waals surface area contributed by atoms with Crippen LogP contribution in [0.5, 0.6) is 0 Å². The molecule has 0 unspecified atom stereocenters. The molecular formula is C22H22OSi2-2. The number of benzene rings is 2. The van der Waals surface area contributed by atoms with E-state index in [1.165, 1.54) is 43.0 Å². The lowest BCUT2D eigenvalue weighted by molar-refractivity contribution is 0.575. The van der Waals surface area contributed by atoms with Gasteiger partial charge in [0.1, 0.15) is 8.32 Å². The molecule has 25 heavy (non-hydrogen) atoms. The highest BCUT2D eigenvalue weighted by atomic mass is 28.4. The fraction of sp³-hybridized carbons (Fsp3) is 0.182. The highest BCUT2D eigenvalue weighted by Gasteiger charge is 2.36. The Kier molecular flexibility index (Phi) is 2.95. The first-order valence-electron chi connectivity index (χ1n) is 8.97. The fourth-order valence-corrected chi connectivity index (χ4v) is 14.3. The summed E-state index contributed by atoms with van der Waals surface area (Å²) in [6.07, 6.45) is 0. The first-order chi connectivity index (χ1) is 11.9. The van der Waals surface area contributed by atoms with E-state index in [0.717, 1.165) is 0 Å². The highest BCUT2D eigenvalue weighted by molar-refractivity contribution is 7.00. The molecule has 0 spiro atoms. The highest BCUT2D eigenvalue weighted by Crippen LogP contribution is 2.37. The molecule has 0 bridgehead atoms. The maximum atomic E-state index is 7.05. The number of hydrogen-bond donors (Lipinski definition) is 0. The number of rotatable bonds is 0. The van der Waals surface area contributed by atoms with Crippen molar-refractivity contribution in [3.05, 3.63) is 60.7 Å². The first kappa shape index (κ1) is 15.3. The zero-order chi connectivity index (χ0) is 17.4. The van der Waals surface area contributed by atoms with Crippen LogP contribution in [0.15, 0.2) is 60.7 Å². The molecule has 0 radical (unpaired) electrons. The van der Waals surface area contributed by atoms with Gasteiger partial charge in [0, 0.05) is 0 Å². The normalized spacial score (nSPS) is 18.1. The molecule has 1 aliphatic rings. The van der Waals surface area contributed by atoms with Gasteiger partial charge in [-0.3, -0.25) is 0 Å².